The molecule has 0 amide bonds. The summed E-state index contributed by atoms with van der Waals surface area (Å²) in [6.45, 7) is 4.91. The van der Waals surface area contributed by atoms with Crippen molar-refractivity contribution in [3.8, 4) is 0 Å². The number of pyridine rings is 1. The molecule has 1 N–H and O–H groups in total. The minimum atomic E-state index is 0.527. The maximum Gasteiger partial charge on any atom is 0.106 e. The Labute approximate surface area is 111 Å². The first-order valence-electron chi connectivity index (χ1n) is 6.18. The Balaban J connectivity index is 1.80. The topological polar surface area (TPSA) is 34.2 Å². The third-order valence-electron chi connectivity index (χ3n) is 3.35. The first-order valence-corrected chi connectivity index (χ1v) is 6.97. The van der Waals surface area contributed by atoms with Crippen molar-refractivity contribution in [1.82, 2.24) is 10.3 Å². The summed E-state index contributed by atoms with van der Waals surface area (Å²) in [7, 11) is 0. The lowest BCUT2D eigenvalue weighted by Gasteiger charge is -2.28. The second kappa shape index (κ2) is 6.47. The molecule has 1 saturated heterocycles. The average molecular weight is 299 g/mol. The standard InChI is InChI=1S/C13H19BrN2O/c1-10(11-5-7-17-8-6-11)15-9-12-3-2-4-13(14)16-12/h2-4,10-11,15H,5-9H2,1H3. The Morgan fingerprint density at radius 1 is 1.47 bits per heavy atom. The van der Waals surface area contributed by atoms with Gasteiger partial charge in [0.2, 0.25) is 0 Å². The predicted octanol–water partition coefficient (Wildman–Crippen LogP) is 2.75. The van der Waals surface area contributed by atoms with Crippen molar-refractivity contribution < 1.29 is 4.74 Å². The molecule has 2 rings (SSSR count). The molecular weight excluding hydrogens is 280 g/mol. The highest BCUT2D eigenvalue weighted by Gasteiger charge is 2.19. The van der Waals surface area contributed by atoms with E-state index >= 15 is 0 Å². The van der Waals surface area contributed by atoms with Crippen molar-refractivity contribution in [3.05, 3.63) is 28.5 Å². The van der Waals surface area contributed by atoms with E-state index in [1.807, 2.05) is 12.1 Å². The number of ether oxygens (including phenoxy) is 1. The van der Waals surface area contributed by atoms with Crippen molar-refractivity contribution in [1.29, 1.82) is 0 Å². The van der Waals surface area contributed by atoms with E-state index in [-0.39, 0.29) is 0 Å². The molecule has 94 valence electrons. The molecule has 1 aliphatic heterocycles. The van der Waals surface area contributed by atoms with Crippen molar-refractivity contribution in [2.24, 2.45) is 5.92 Å². The van der Waals surface area contributed by atoms with E-state index in [1.54, 1.807) is 0 Å². The zero-order valence-corrected chi connectivity index (χ0v) is 11.7. The number of hydrogen-bond donors (Lipinski definition) is 1. The lowest BCUT2D eigenvalue weighted by molar-refractivity contribution is 0.0557. The van der Waals surface area contributed by atoms with E-state index in [0.29, 0.717) is 6.04 Å². The average Bonchev–Trinajstić information content (AvgIpc) is 2.37. The van der Waals surface area contributed by atoms with Gasteiger partial charge in [0.05, 0.1) is 5.69 Å². The molecule has 0 aliphatic carbocycles. The van der Waals surface area contributed by atoms with E-state index in [1.165, 1.54) is 12.8 Å². The Morgan fingerprint density at radius 2 is 2.24 bits per heavy atom. The highest BCUT2D eigenvalue weighted by atomic mass is 79.9. The summed E-state index contributed by atoms with van der Waals surface area (Å²) in [6.07, 6.45) is 2.33. The van der Waals surface area contributed by atoms with Gasteiger partial charge in [-0.15, -0.1) is 0 Å². The molecule has 17 heavy (non-hydrogen) atoms. The first-order chi connectivity index (χ1) is 8.25. The van der Waals surface area contributed by atoms with Crippen LogP contribution in [0.1, 0.15) is 25.5 Å². The Bertz CT molecular complexity index is 353. The van der Waals surface area contributed by atoms with Crippen LogP contribution < -0.4 is 5.32 Å². The maximum absolute atomic E-state index is 5.38. The first kappa shape index (κ1) is 13.0. The van der Waals surface area contributed by atoms with Crippen LogP contribution in [0.15, 0.2) is 22.8 Å². The molecule has 1 fully saturated rings. The molecule has 0 saturated carbocycles. The summed E-state index contributed by atoms with van der Waals surface area (Å²) in [5, 5.41) is 3.56. The van der Waals surface area contributed by atoms with Crippen molar-refractivity contribution in [2.45, 2.75) is 32.4 Å². The third-order valence-corrected chi connectivity index (χ3v) is 3.79. The van der Waals surface area contributed by atoms with Gasteiger partial charge in [0.1, 0.15) is 4.60 Å². The number of nitrogens with zero attached hydrogens (tertiary/aromatic N) is 1. The second-order valence-electron chi connectivity index (χ2n) is 4.57. The smallest absolute Gasteiger partial charge is 0.106 e. The zero-order valence-electron chi connectivity index (χ0n) is 10.2. The Hall–Kier alpha value is -0.450. The molecule has 0 radical (unpaired) electrons. The summed E-state index contributed by atoms with van der Waals surface area (Å²) in [5.74, 6) is 0.732. The molecule has 1 unspecified atom stereocenters. The molecule has 4 heteroatoms. The van der Waals surface area contributed by atoms with Crippen LogP contribution in [0.4, 0.5) is 0 Å². The lowest BCUT2D eigenvalue weighted by Crippen LogP contribution is -2.36. The quantitative estimate of drug-likeness (QED) is 0.868. The maximum atomic E-state index is 5.38. The van der Waals surface area contributed by atoms with Crippen LogP contribution in [0.25, 0.3) is 0 Å². The Kier molecular flexibility index (Phi) is 4.95. The minimum absolute atomic E-state index is 0.527. The molecule has 0 aromatic carbocycles. The molecule has 1 aliphatic rings. The number of hydrogen-bond acceptors (Lipinski definition) is 3. The highest BCUT2D eigenvalue weighted by Crippen LogP contribution is 2.18. The summed E-state index contributed by atoms with van der Waals surface area (Å²) in [5.41, 5.74) is 1.08. The predicted molar refractivity (Wildman–Crippen MR) is 71.8 cm³/mol. The molecule has 1 aromatic rings. The van der Waals surface area contributed by atoms with Gasteiger partial charge in [-0.05, 0) is 53.7 Å². The summed E-state index contributed by atoms with van der Waals surface area (Å²) < 4.78 is 6.28. The van der Waals surface area contributed by atoms with E-state index in [4.69, 9.17) is 4.74 Å². The van der Waals surface area contributed by atoms with Gasteiger partial charge in [0, 0.05) is 25.8 Å². The SMILES string of the molecule is CC(NCc1cccc(Br)n1)C1CCOCC1. The fourth-order valence-corrected chi connectivity index (χ4v) is 2.58. The van der Waals surface area contributed by atoms with Gasteiger partial charge in [0.25, 0.3) is 0 Å². The van der Waals surface area contributed by atoms with Gasteiger partial charge in [-0.2, -0.15) is 0 Å². The largest absolute Gasteiger partial charge is 0.381 e. The van der Waals surface area contributed by atoms with Crippen LogP contribution in [0, 0.1) is 5.92 Å². The lowest BCUT2D eigenvalue weighted by atomic mass is 9.93. The van der Waals surface area contributed by atoms with Gasteiger partial charge in [-0.3, -0.25) is 0 Å². The van der Waals surface area contributed by atoms with Crippen LogP contribution in [-0.4, -0.2) is 24.2 Å². The molecule has 0 bridgehead atoms. The molecule has 0 spiro atoms. The fraction of sp³-hybridized carbons (Fsp3) is 0.615. The van der Waals surface area contributed by atoms with Crippen LogP contribution >= 0.6 is 15.9 Å². The molecule has 2 heterocycles. The van der Waals surface area contributed by atoms with Crippen molar-refractivity contribution >= 4 is 15.9 Å². The Morgan fingerprint density at radius 3 is 2.94 bits per heavy atom. The van der Waals surface area contributed by atoms with Gasteiger partial charge < -0.3 is 10.1 Å². The summed E-state index contributed by atoms with van der Waals surface area (Å²) >= 11 is 3.39. The van der Waals surface area contributed by atoms with E-state index in [2.05, 4.69) is 39.2 Å². The number of halogens is 1. The van der Waals surface area contributed by atoms with Crippen LogP contribution in [0.5, 0.6) is 0 Å². The normalized spacial score (nSPS) is 19.2. The summed E-state index contributed by atoms with van der Waals surface area (Å²) in [4.78, 5) is 4.42. The van der Waals surface area contributed by atoms with Gasteiger partial charge in [-0.1, -0.05) is 6.07 Å². The molecular formula is C13H19BrN2O. The van der Waals surface area contributed by atoms with Gasteiger partial charge >= 0.3 is 0 Å². The number of nitrogens with one attached hydrogen (secondary N) is 1. The molecule has 3 nitrogen and oxygen atoms in total. The van der Waals surface area contributed by atoms with Crippen molar-refractivity contribution in [2.75, 3.05) is 13.2 Å². The second-order valence-corrected chi connectivity index (χ2v) is 5.38. The third kappa shape index (κ3) is 4.05. The number of aromatic nitrogens is 1. The van der Waals surface area contributed by atoms with Gasteiger partial charge in [0.15, 0.2) is 0 Å². The minimum Gasteiger partial charge on any atom is -0.381 e. The molecule has 1 aromatic heterocycles. The van der Waals surface area contributed by atoms with Crippen LogP contribution in [0.3, 0.4) is 0 Å². The van der Waals surface area contributed by atoms with Crippen molar-refractivity contribution in [3.63, 3.8) is 0 Å². The van der Waals surface area contributed by atoms with E-state index in [0.717, 1.165) is 36.0 Å². The van der Waals surface area contributed by atoms with E-state index in [9.17, 15) is 0 Å². The van der Waals surface area contributed by atoms with E-state index < -0.39 is 0 Å². The van der Waals surface area contributed by atoms with Crippen LogP contribution in [-0.2, 0) is 11.3 Å². The monoisotopic (exact) mass is 298 g/mol. The number of rotatable bonds is 4. The van der Waals surface area contributed by atoms with Gasteiger partial charge in [-0.25, -0.2) is 4.98 Å². The zero-order chi connectivity index (χ0) is 12.1. The van der Waals surface area contributed by atoms with Crippen LogP contribution in [0.2, 0.25) is 0 Å². The molecule has 1 atom stereocenters. The summed E-state index contributed by atoms with van der Waals surface area (Å²) in [6, 6.07) is 6.55. The fourth-order valence-electron chi connectivity index (χ4n) is 2.20. The highest BCUT2D eigenvalue weighted by molar-refractivity contribution is 9.10.